The van der Waals surface area contributed by atoms with Crippen LogP contribution in [0, 0.1) is 5.41 Å². The molecular formula is C12H18N2O. The van der Waals surface area contributed by atoms with Crippen LogP contribution in [0.5, 0.6) is 0 Å². The van der Waals surface area contributed by atoms with Gasteiger partial charge in [0.1, 0.15) is 0 Å². The fourth-order valence-corrected chi connectivity index (χ4v) is 2.27. The molecule has 1 aromatic rings. The van der Waals surface area contributed by atoms with Crippen LogP contribution in [0.1, 0.15) is 32.4 Å². The zero-order valence-electron chi connectivity index (χ0n) is 9.57. The van der Waals surface area contributed by atoms with Gasteiger partial charge in [0, 0.05) is 13.2 Å². The molecule has 1 atom stereocenters. The Kier molecular flexibility index (Phi) is 2.43. The predicted octanol–water partition coefficient (Wildman–Crippen LogP) is 1.98. The number of allylic oxidation sites excluding steroid dienone is 1. The summed E-state index contributed by atoms with van der Waals surface area (Å²) in [5.74, 6) is 0. The number of aliphatic hydroxyl groups is 1. The van der Waals surface area contributed by atoms with E-state index in [4.69, 9.17) is 0 Å². The summed E-state index contributed by atoms with van der Waals surface area (Å²) in [6.45, 7) is 4.37. The summed E-state index contributed by atoms with van der Waals surface area (Å²) in [4.78, 5) is 0. The smallest absolute Gasteiger partial charge is 0.0880 e. The van der Waals surface area contributed by atoms with Gasteiger partial charge in [0.05, 0.1) is 11.8 Å². The largest absolute Gasteiger partial charge is 0.389 e. The van der Waals surface area contributed by atoms with Crippen molar-refractivity contribution in [3.8, 4) is 0 Å². The van der Waals surface area contributed by atoms with Gasteiger partial charge >= 0.3 is 0 Å². The molecule has 0 radical (unpaired) electrons. The van der Waals surface area contributed by atoms with E-state index in [1.807, 2.05) is 25.4 Å². The van der Waals surface area contributed by atoms with Crippen LogP contribution in [0.15, 0.2) is 18.3 Å². The maximum absolute atomic E-state index is 9.77. The van der Waals surface area contributed by atoms with E-state index in [1.54, 1.807) is 4.68 Å². The van der Waals surface area contributed by atoms with Gasteiger partial charge in [-0.05, 0) is 29.9 Å². The minimum absolute atomic E-state index is 0.168. The molecule has 2 rings (SSSR count). The molecule has 0 spiro atoms. The summed E-state index contributed by atoms with van der Waals surface area (Å²) >= 11 is 0. The van der Waals surface area contributed by atoms with Gasteiger partial charge in [-0.1, -0.05) is 19.9 Å². The van der Waals surface area contributed by atoms with Gasteiger partial charge in [-0.2, -0.15) is 5.10 Å². The zero-order valence-corrected chi connectivity index (χ0v) is 9.57. The fourth-order valence-electron chi connectivity index (χ4n) is 2.27. The molecule has 1 aliphatic carbocycles. The third-order valence-electron chi connectivity index (χ3n) is 2.87. The summed E-state index contributed by atoms with van der Waals surface area (Å²) in [5, 5.41) is 14.1. The number of aliphatic hydroxyl groups excluding tert-OH is 1. The molecule has 1 aliphatic rings. The third-order valence-corrected chi connectivity index (χ3v) is 2.87. The van der Waals surface area contributed by atoms with E-state index in [0.717, 1.165) is 18.5 Å². The molecule has 0 amide bonds. The second-order valence-electron chi connectivity index (χ2n) is 5.18. The van der Waals surface area contributed by atoms with Crippen LogP contribution in [0.3, 0.4) is 0 Å². The van der Waals surface area contributed by atoms with Crippen molar-refractivity contribution in [2.45, 2.75) is 32.8 Å². The summed E-state index contributed by atoms with van der Waals surface area (Å²) < 4.78 is 1.80. The van der Waals surface area contributed by atoms with Gasteiger partial charge in [-0.25, -0.2) is 0 Å². The number of rotatable bonds is 1. The SMILES string of the molecule is Cn1ccc(C2=CC(O)CC(C)(C)C2)n1. The molecule has 0 aliphatic heterocycles. The Morgan fingerprint density at radius 3 is 2.80 bits per heavy atom. The maximum Gasteiger partial charge on any atom is 0.0880 e. The summed E-state index contributed by atoms with van der Waals surface area (Å²) in [6.07, 6.45) is 5.37. The van der Waals surface area contributed by atoms with E-state index in [9.17, 15) is 5.11 Å². The van der Waals surface area contributed by atoms with E-state index in [0.29, 0.717) is 0 Å². The maximum atomic E-state index is 9.77. The highest BCUT2D eigenvalue weighted by atomic mass is 16.3. The van der Waals surface area contributed by atoms with Crippen LogP contribution >= 0.6 is 0 Å². The standard InChI is InChI=1S/C12H18N2O/c1-12(2)7-9(6-10(15)8-12)11-4-5-14(3)13-11/h4-6,10,15H,7-8H2,1-3H3. The molecule has 0 fully saturated rings. The third kappa shape index (κ3) is 2.29. The highest BCUT2D eigenvalue weighted by Gasteiger charge is 2.28. The van der Waals surface area contributed by atoms with E-state index in [2.05, 4.69) is 18.9 Å². The van der Waals surface area contributed by atoms with E-state index >= 15 is 0 Å². The Bertz CT molecular complexity index is 390. The Morgan fingerprint density at radius 2 is 2.27 bits per heavy atom. The topological polar surface area (TPSA) is 38.0 Å². The molecule has 0 bridgehead atoms. The van der Waals surface area contributed by atoms with E-state index in [-0.39, 0.29) is 11.5 Å². The minimum Gasteiger partial charge on any atom is -0.389 e. The number of nitrogens with zero attached hydrogens (tertiary/aromatic N) is 2. The van der Waals surface area contributed by atoms with E-state index < -0.39 is 0 Å². The Hall–Kier alpha value is -1.09. The Balaban J connectivity index is 2.29. The predicted molar refractivity (Wildman–Crippen MR) is 60.2 cm³/mol. The first kappa shape index (κ1) is 10.4. The van der Waals surface area contributed by atoms with Gasteiger partial charge in [0.15, 0.2) is 0 Å². The molecular weight excluding hydrogens is 188 g/mol. The Labute approximate surface area is 90.4 Å². The van der Waals surface area contributed by atoms with Gasteiger partial charge in [-0.3, -0.25) is 4.68 Å². The first-order valence-electron chi connectivity index (χ1n) is 5.35. The van der Waals surface area contributed by atoms with Crippen LogP contribution in [-0.2, 0) is 7.05 Å². The average molecular weight is 206 g/mol. The van der Waals surface area contributed by atoms with Crippen molar-refractivity contribution in [1.82, 2.24) is 9.78 Å². The van der Waals surface area contributed by atoms with Crippen molar-refractivity contribution in [2.75, 3.05) is 0 Å². The molecule has 0 saturated heterocycles. The Morgan fingerprint density at radius 1 is 1.53 bits per heavy atom. The molecule has 0 aromatic carbocycles. The highest BCUT2D eigenvalue weighted by molar-refractivity contribution is 5.64. The van der Waals surface area contributed by atoms with Crippen LogP contribution < -0.4 is 0 Å². The quantitative estimate of drug-likeness (QED) is 0.763. The highest BCUT2D eigenvalue weighted by Crippen LogP contribution is 2.38. The first-order valence-corrected chi connectivity index (χ1v) is 5.35. The van der Waals surface area contributed by atoms with Crippen molar-refractivity contribution in [2.24, 2.45) is 12.5 Å². The molecule has 3 heteroatoms. The van der Waals surface area contributed by atoms with E-state index in [1.165, 1.54) is 5.57 Å². The monoisotopic (exact) mass is 206 g/mol. The number of aromatic nitrogens is 2. The molecule has 1 aromatic heterocycles. The molecule has 1 N–H and O–H groups in total. The van der Waals surface area contributed by atoms with Crippen LogP contribution in [0.4, 0.5) is 0 Å². The number of hydrogen-bond donors (Lipinski definition) is 1. The summed E-state index contributed by atoms with van der Waals surface area (Å²) in [6, 6.07) is 2.00. The fraction of sp³-hybridized carbons (Fsp3) is 0.583. The van der Waals surface area contributed by atoms with Gasteiger partial charge in [0.25, 0.3) is 0 Å². The van der Waals surface area contributed by atoms with Crippen molar-refractivity contribution in [3.63, 3.8) is 0 Å². The minimum atomic E-state index is -0.328. The van der Waals surface area contributed by atoms with Crippen LogP contribution in [0.25, 0.3) is 5.57 Å². The average Bonchev–Trinajstić information content (AvgIpc) is 2.48. The van der Waals surface area contributed by atoms with Gasteiger partial charge in [-0.15, -0.1) is 0 Å². The first-order chi connectivity index (χ1) is 6.96. The van der Waals surface area contributed by atoms with Crippen LogP contribution in [0.2, 0.25) is 0 Å². The van der Waals surface area contributed by atoms with Crippen molar-refractivity contribution in [3.05, 3.63) is 24.0 Å². The number of aryl methyl sites for hydroxylation is 1. The van der Waals surface area contributed by atoms with Crippen molar-refractivity contribution >= 4 is 5.57 Å². The van der Waals surface area contributed by atoms with Gasteiger partial charge in [0.2, 0.25) is 0 Å². The molecule has 1 heterocycles. The summed E-state index contributed by atoms with van der Waals surface area (Å²) in [7, 11) is 1.91. The van der Waals surface area contributed by atoms with Crippen molar-refractivity contribution < 1.29 is 5.11 Å². The van der Waals surface area contributed by atoms with Gasteiger partial charge < -0.3 is 5.11 Å². The lowest BCUT2D eigenvalue weighted by molar-refractivity contribution is 0.146. The second-order valence-corrected chi connectivity index (χ2v) is 5.18. The second kappa shape index (κ2) is 3.49. The molecule has 3 nitrogen and oxygen atoms in total. The number of hydrogen-bond acceptors (Lipinski definition) is 2. The molecule has 82 valence electrons. The zero-order chi connectivity index (χ0) is 11.1. The molecule has 15 heavy (non-hydrogen) atoms. The lowest BCUT2D eigenvalue weighted by Gasteiger charge is -2.31. The summed E-state index contributed by atoms with van der Waals surface area (Å²) in [5.41, 5.74) is 2.32. The molecule has 0 saturated carbocycles. The van der Waals surface area contributed by atoms with Crippen molar-refractivity contribution in [1.29, 1.82) is 0 Å². The lowest BCUT2D eigenvalue weighted by Crippen LogP contribution is -2.24. The lowest BCUT2D eigenvalue weighted by atomic mass is 9.75. The normalized spacial score (nSPS) is 25.1. The molecule has 1 unspecified atom stereocenters. The van der Waals surface area contributed by atoms with Crippen LogP contribution in [-0.4, -0.2) is 21.0 Å².